The number of carbonyl (C=O) groups excluding carboxylic acids is 4. The zero-order valence-corrected chi connectivity index (χ0v) is 18.6. The van der Waals surface area contributed by atoms with Crippen LogP contribution in [0.25, 0.3) is 0 Å². The number of nitrogens with zero attached hydrogens (tertiary/aromatic N) is 1. The summed E-state index contributed by atoms with van der Waals surface area (Å²) in [4.78, 5) is 51.6. The highest BCUT2D eigenvalue weighted by atomic mass is 16.5. The first-order valence-electron chi connectivity index (χ1n) is 10.4. The van der Waals surface area contributed by atoms with Crippen molar-refractivity contribution in [1.29, 1.82) is 0 Å². The molecule has 3 rings (SSSR count). The molecule has 9 heteroatoms. The van der Waals surface area contributed by atoms with E-state index >= 15 is 0 Å². The fourth-order valence-corrected chi connectivity index (χ4v) is 3.41. The van der Waals surface area contributed by atoms with E-state index in [1.54, 1.807) is 45.2 Å². The molecular formula is C24H25N3O6. The van der Waals surface area contributed by atoms with Crippen LogP contribution in [-0.4, -0.2) is 50.2 Å². The molecule has 1 aliphatic heterocycles. The van der Waals surface area contributed by atoms with Crippen molar-refractivity contribution in [3.63, 3.8) is 0 Å². The van der Waals surface area contributed by atoms with Gasteiger partial charge in [0.05, 0.1) is 35.0 Å². The van der Waals surface area contributed by atoms with Gasteiger partial charge in [-0.15, -0.1) is 0 Å². The fourth-order valence-electron chi connectivity index (χ4n) is 3.41. The normalized spacial score (nSPS) is 15.2. The Labute approximate surface area is 191 Å². The van der Waals surface area contributed by atoms with Crippen LogP contribution in [0.2, 0.25) is 0 Å². The molecule has 0 saturated heterocycles. The minimum Gasteiger partial charge on any atom is -0.463 e. The Morgan fingerprint density at radius 2 is 1.58 bits per heavy atom. The van der Waals surface area contributed by atoms with Crippen molar-refractivity contribution in [2.45, 2.75) is 19.9 Å². The Kier molecular flexibility index (Phi) is 7.45. The first kappa shape index (κ1) is 23.5. The first-order valence-corrected chi connectivity index (χ1v) is 10.4. The minimum absolute atomic E-state index is 0.0666. The summed E-state index contributed by atoms with van der Waals surface area (Å²) < 4.78 is 10.4. The van der Waals surface area contributed by atoms with Crippen molar-refractivity contribution in [3.05, 3.63) is 77.0 Å². The summed E-state index contributed by atoms with van der Waals surface area (Å²) in [6.45, 7) is 3.07. The van der Waals surface area contributed by atoms with Crippen LogP contribution >= 0.6 is 0 Å². The lowest BCUT2D eigenvalue weighted by Gasteiger charge is -2.26. The number of anilines is 1. The summed E-state index contributed by atoms with van der Waals surface area (Å²) in [7, 11) is 1.61. The van der Waals surface area contributed by atoms with Crippen molar-refractivity contribution in [2.24, 2.45) is 0 Å². The zero-order chi connectivity index (χ0) is 24.0. The third-order valence-corrected chi connectivity index (χ3v) is 5.04. The number of ether oxygens (including phenoxy) is 2. The molecule has 0 saturated carbocycles. The summed E-state index contributed by atoms with van der Waals surface area (Å²) in [5, 5.41) is 5.07. The van der Waals surface area contributed by atoms with E-state index < -0.39 is 24.0 Å². The summed E-state index contributed by atoms with van der Waals surface area (Å²) >= 11 is 0. The third-order valence-electron chi connectivity index (χ3n) is 5.04. The molecule has 0 unspecified atom stereocenters. The topological polar surface area (TPSA) is 114 Å². The summed E-state index contributed by atoms with van der Waals surface area (Å²) in [6.07, 6.45) is 0. The van der Waals surface area contributed by atoms with Crippen LogP contribution in [-0.2, 0) is 14.3 Å². The quantitative estimate of drug-likeness (QED) is 0.626. The molecule has 1 aliphatic rings. The summed E-state index contributed by atoms with van der Waals surface area (Å²) in [6, 6.07) is 14.2. The van der Waals surface area contributed by atoms with Crippen molar-refractivity contribution in [2.75, 3.05) is 25.2 Å². The van der Waals surface area contributed by atoms with Gasteiger partial charge in [-0.2, -0.15) is 0 Å². The molecule has 9 nitrogen and oxygen atoms in total. The molecule has 3 amide bonds. The highest BCUT2D eigenvalue weighted by Crippen LogP contribution is 2.19. The number of carbonyl (C=O) groups is 4. The lowest BCUT2D eigenvalue weighted by atomic mass is 10.0. The zero-order valence-electron chi connectivity index (χ0n) is 18.6. The van der Waals surface area contributed by atoms with Gasteiger partial charge in [0, 0.05) is 12.7 Å². The number of amides is 3. The van der Waals surface area contributed by atoms with Gasteiger partial charge in [0.2, 0.25) is 0 Å². The van der Waals surface area contributed by atoms with E-state index in [9.17, 15) is 19.2 Å². The Morgan fingerprint density at radius 1 is 0.939 bits per heavy atom. The monoisotopic (exact) mass is 451 g/mol. The average Bonchev–Trinajstić information content (AvgIpc) is 2.81. The van der Waals surface area contributed by atoms with Gasteiger partial charge in [-0.3, -0.25) is 4.79 Å². The van der Waals surface area contributed by atoms with Gasteiger partial charge in [-0.25, -0.2) is 14.4 Å². The van der Waals surface area contributed by atoms with Crippen LogP contribution in [0.4, 0.5) is 10.5 Å². The summed E-state index contributed by atoms with van der Waals surface area (Å²) in [5.74, 6) is -1.77. The SMILES string of the molecule is CCOC(=O)C1=C(COC(=O)c2ccccc2C(=O)N(C)c2ccccc2)NC(=O)N[C@@H]1C. The molecule has 2 aromatic rings. The minimum atomic E-state index is -0.767. The second kappa shape index (κ2) is 10.4. The number of para-hydroxylation sites is 1. The predicted molar refractivity (Wildman–Crippen MR) is 121 cm³/mol. The molecule has 0 bridgehead atoms. The standard InChI is InChI=1S/C24H25N3O6/c1-4-32-23(30)20-15(2)25-24(31)26-19(20)14-33-22(29)18-13-9-8-12-17(18)21(28)27(3)16-10-6-5-7-11-16/h5-13,15H,4,14H2,1-3H3,(H2,25,26,31)/t15-/m1/s1. The van der Waals surface area contributed by atoms with Gasteiger partial charge in [-0.1, -0.05) is 30.3 Å². The van der Waals surface area contributed by atoms with Crippen molar-refractivity contribution < 1.29 is 28.7 Å². The van der Waals surface area contributed by atoms with Crippen LogP contribution in [0.15, 0.2) is 65.9 Å². The average molecular weight is 451 g/mol. The molecule has 172 valence electrons. The van der Waals surface area contributed by atoms with Crippen LogP contribution < -0.4 is 15.5 Å². The molecule has 1 heterocycles. The smallest absolute Gasteiger partial charge is 0.339 e. The number of nitrogens with one attached hydrogen (secondary N) is 2. The maximum absolute atomic E-state index is 13.1. The van der Waals surface area contributed by atoms with Crippen molar-refractivity contribution in [3.8, 4) is 0 Å². The van der Waals surface area contributed by atoms with Crippen LogP contribution in [0.1, 0.15) is 34.6 Å². The van der Waals surface area contributed by atoms with E-state index in [1.165, 1.54) is 17.0 Å². The molecular weight excluding hydrogens is 426 g/mol. The largest absolute Gasteiger partial charge is 0.463 e. The number of rotatable bonds is 7. The van der Waals surface area contributed by atoms with Gasteiger partial charge < -0.3 is 25.0 Å². The van der Waals surface area contributed by atoms with Gasteiger partial charge in [-0.05, 0) is 38.1 Å². The molecule has 0 radical (unpaired) electrons. The van der Waals surface area contributed by atoms with E-state index in [1.807, 2.05) is 18.2 Å². The van der Waals surface area contributed by atoms with Gasteiger partial charge in [0.25, 0.3) is 5.91 Å². The highest BCUT2D eigenvalue weighted by Gasteiger charge is 2.30. The van der Waals surface area contributed by atoms with E-state index in [0.717, 1.165) is 0 Å². The fraction of sp³-hybridized carbons (Fsp3) is 0.250. The van der Waals surface area contributed by atoms with E-state index in [-0.39, 0.29) is 41.5 Å². The number of urea groups is 1. The van der Waals surface area contributed by atoms with E-state index in [2.05, 4.69) is 10.6 Å². The van der Waals surface area contributed by atoms with Gasteiger partial charge >= 0.3 is 18.0 Å². The van der Waals surface area contributed by atoms with Gasteiger partial charge in [0.15, 0.2) is 0 Å². The molecule has 0 fully saturated rings. The molecule has 2 aromatic carbocycles. The lowest BCUT2D eigenvalue weighted by molar-refractivity contribution is -0.139. The predicted octanol–water partition coefficient (Wildman–Crippen LogP) is 2.64. The Bertz CT molecular complexity index is 1100. The Hall–Kier alpha value is -4.14. The van der Waals surface area contributed by atoms with Crippen LogP contribution in [0, 0.1) is 0 Å². The van der Waals surface area contributed by atoms with E-state index in [0.29, 0.717) is 5.69 Å². The molecule has 33 heavy (non-hydrogen) atoms. The van der Waals surface area contributed by atoms with Crippen molar-refractivity contribution in [1.82, 2.24) is 10.6 Å². The molecule has 2 N–H and O–H groups in total. The van der Waals surface area contributed by atoms with Crippen molar-refractivity contribution >= 4 is 29.6 Å². The molecule has 0 spiro atoms. The maximum Gasteiger partial charge on any atom is 0.339 e. The first-order chi connectivity index (χ1) is 15.8. The van der Waals surface area contributed by atoms with Crippen LogP contribution in [0.3, 0.4) is 0 Å². The van der Waals surface area contributed by atoms with Gasteiger partial charge in [0.1, 0.15) is 6.61 Å². The molecule has 1 atom stereocenters. The highest BCUT2D eigenvalue weighted by molar-refractivity contribution is 6.12. The lowest BCUT2D eigenvalue weighted by Crippen LogP contribution is -2.50. The number of hydrogen-bond donors (Lipinski definition) is 2. The van der Waals surface area contributed by atoms with Crippen LogP contribution in [0.5, 0.6) is 0 Å². The molecule has 0 aromatic heterocycles. The number of hydrogen-bond acceptors (Lipinski definition) is 6. The second-order valence-electron chi connectivity index (χ2n) is 7.25. The summed E-state index contributed by atoms with van der Waals surface area (Å²) in [5.41, 5.74) is 1.19. The second-order valence-corrected chi connectivity index (χ2v) is 7.25. The van der Waals surface area contributed by atoms with E-state index in [4.69, 9.17) is 9.47 Å². The molecule has 0 aliphatic carbocycles. The third kappa shape index (κ3) is 5.38. The number of benzene rings is 2. The Balaban J connectivity index is 1.82. The number of esters is 2. The maximum atomic E-state index is 13.1. The Morgan fingerprint density at radius 3 is 2.24 bits per heavy atom.